The van der Waals surface area contributed by atoms with Gasteiger partial charge in [0.25, 0.3) is 0 Å². The van der Waals surface area contributed by atoms with Crippen LogP contribution in [0.2, 0.25) is 5.02 Å². The van der Waals surface area contributed by atoms with E-state index in [-0.39, 0.29) is 0 Å². The van der Waals surface area contributed by atoms with Crippen LogP contribution in [0.1, 0.15) is 49.0 Å². The molecule has 2 fully saturated rings. The Hall–Kier alpha value is -2.93. The summed E-state index contributed by atoms with van der Waals surface area (Å²) in [6, 6.07) is 6.31. The SMILES string of the molecule is N=Cc1cc(Cl)c(N2CCC(c3ncccn3)CC2)cc1Nc1cnn(C2CC2)c1. The number of benzene rings is 1. The van der Waals surface area contributed by atoms with Gasteiger partial charge in [-0.2, -0.15) is 5.10 Å². The minimum absolute atomic E-state index is 0.382. The van der Waals surface area contributed by atoms with Gasteiger partial charge in [-0.1, -0.05) is 11.6 Å². The van der Waals surface area contributed by atoms with Crippen molar-refractivity contribution in [3.8, 4) is 0 Å². The fraction of sp³-hybridized carbons (Fsp3) is 0.364. The zero-order chi connectivity index (χ0) is 20.5. The van der Waals surface area contributed by atoms with Gasteiger partial charge in [-0.3, -0.25) is 4.68 Å². The number of aromatic nitrogens is 4. The van der Waals surface area contributed by atoms with Gasteiger partial charge in [-0.05, 0) is 43.9 Å². The Kier molecular flexibility index (Phi) is 5.12. The number of piperidine rings is 1. The molecule has 0 amide bonds. The maximum Gasteiger partial charge on any atom is 0.131 e. The topological polar surface area (TPSA) is 82.7 Å². The summed E-state index contributed by atoms with van der Waals surface area (Å²) in [6.07, 6.45) is 13.2. The third-order valence-electron chi connectivity index (χ3n) is 5.86. The Balaban J connectivity index is 1.34. The molecular weight excluding hydrogens is 398 g/mol. The first-order valence-corrected chi connectivity index (χ1v) is 10.8. The van der Waals surface area contributed by atoms with E-state index in [2.05, 4.69) is 31.3 Å². The number of nitrogens with one attached hydrogen (secondary N) is 2. The first kappa shape index (κ1) is 19.1. The van der Waals surface area contributed by atoms with E-state index in [1.54, 1.807) is 0 Å². The Labute approximate surface area is 180 Å². The molecule has 0 spiro atoms. The summed E-state index contributed by atoms with van der Waals surface area (Å²) >= 11 is 6.61. The second-order valence-electron chi connectivity index (χ2n) is 7.97. The predicted molar refractivity (Wildman–Crippen MR) is 119 cm³/mol. The van der Waals surface area contributed by atoms with Crippen molar-refractivity contribution < 1.29 is 0 Å². The molecule has 0 bridgehead atoms. The van der Waals surface area contributed by atoms with E-state index in [9.17, 15) is 0 Å². The molecule has 7 nitrogen and oxygen atoms in total. The molecule has 1 saturated carbocycles. The minimum atomic E-state index is 0.382. The average Bonchev–Trinajstić information content (AvgIpc) is 3.54. The third-order valence-corrected chi connectivity index (χ3v) is 6.17. The highest BCUT2D eigenvalue weighted by atomic mass is 35.5. The monoisotopic (exact) mass is 421 g/mol. The second kappa shape index (κ2) is 8.07. The fourth-order valence-electron chi connectivity index (χ4n) is 4.04. The molecule has 3 aromatic rings. The van der Waals surface area contributed by atoms with Gasteiger partial charge >= 0.3 is 0 Å². The van der Waals surface area contributed by atoms with Crippen molar-refractivity contribution in [2.45, 2.75) is 37.6 Å². The van der Waals surface area contributed by atoms with Crippen LogP contribution in [-0.4, -0.2) is 39.1 Å². The van der Waals surface area contributed by atoms with E-state index in [1.807, 2.05) is 41.6 Å². The third kappa shape index (κ3) is 3.89. The average molecular weight is 422 g/mol. The first-order chi connectivity index (χ1) is 14.7. The van der Waals surface area contributed by atoms with Crippen LogP contribution in [0.25, 0.3) is 0 Å². The molecule has 0 radical (unpaired) electrons. The van der Waals surface area contributed by atoms with Crippen molar-refractivity contribution in [3.63, 3.8) is 0 Å². The number of rotatable bonds is 6. The van der Waals surface area contributed by atoms with Crippen molar-refractivity contribution in [1.82, 2.24) is 19.7 Å². The zero-order valence-corrected chi connectivity index (χ0v) is 17.4. The summed E-state index contributed by atoms with van der Waals surface area (Å²) in [7, 11) is 0. The summed E-state index contributed by atoms with van der Waals surface area (Å²) in [5.41, 5.74) is 3.55. The van der Waals surface area contributed by atoms with Crippen LogP contribution >= 0.6 is 11.6 Å². The highest BCUT2D eigenvalue weighted by Crippen LogP contribution is 2.38. The summed E-state index contributed by atoms with van der Waals surface area (Å²) in [5.74, 6) is 1.31. The zero-order valence-electron chi connectivity index (χ0n) is 16.6. The van der Waals surface area contributed by atoms with Crippen LogP contribution in [0.3, 0.4) is 0 Å². The van der Waals surface area contributed by atoms with Gasteiger partial charge in [0.2, 0.25) is 0 Å². The van der Waals surface area contributed by atoms with Crippen LogP contribution in [0, 0.1) is 5.41 Å². The van der Waals surface area contributed by atoms with E-state index < -0.39 is 0 Å². The summed E-state index contributed by atoms with van der Waals surface area (Å²) in [5, 5.41) is 16.3. The van der Waals surface area contributed by atoms with Crippen LogP contribution in [0.4, 0.5) is 17.1 Å². The molecule has 2 aliphatic rings. The second-order valence-corrected chi connectivity index (χ2v) is 8.38. The van der Waals surface area contributed by atoms with Crippen molar-refractivity contribution in [2.75, 3.05) is 23.3 Å². The molecule has 1 aromatic carbocycles. The molecule has 8 heteroatoms. The molecule has 2 N–H and O–H groups in total. The standard InChI is InChI=1S/C22H24ClN7/c23-19-10-16(12-24)20(28-17-13-27-30(14-17)18-2-3-18)11-21(19)29-8-4-15(5-9-29)22-25-6-1-7-26-22/h1,6-7,10-15,18,24,28H,2-5,8-9H2. The summed E-state index contributed by atoms with van der Waals surface area (Å²) in [6.45, 7) is 1.79. The number of hydrogen-bond donors (Lipinski definition) is 2. The molecule has 3 heterocycles. The number of anilines is 3. The smallest absolute Gasteiger partial charge is 0.131 e. The van der Waals surface area contributed by atoms with Gasteiger partial charge < -0.3 is 15.6 Å². The van der Waals surface area contributed by atoms with Crippen LogP contribution in [0.15, 0.2) is 43.0 Å². The lowest BCUT2D eigenvalue weighted by Gasteiger charge is -2.34. The van der Waals surface area contributed by atoms with Gasteiger partial charge in [0.05, 0.1) is 28.6 Å². The quantitative estimate of drug-likeness (QED) is 0.559. The van der Waals surface area contributed by atoms with E-state index in [4.69, 9.17) is 17.0 Å². The highest BCUT2D eigenvalue weighted by molar-refractivity contribution is 6.33. The molecule has 154 valence electrons. The predicted octanol–water partition coefficient (Wildman–Crippen LogP) is 4.79. The van der Waals surface area contributed by atoms with Gasteiger partial charge in [0, 0.05) is 55.1 Å². The molecule has 0 unspecified atom stereocenters. The fourth-order valence-corrected chi connectivity index (χ4v) is 4.34. The summed E-state index contributed by atoms with van der Waals surface area (Å²) in [4.78, 5) is 11.2. The minimum Gasteiger partial charge on any atom is -0.370 e. The molecule has 1 aliphatic heterocycles. The van der Waals surface area contributed by atoms with Crippen LogP contribution in [-0.2, 0) is 0 Å². The lowest BCUT2D eigenvalue weighted by atomic mass is 9.95. The van der Waals surface area contributed by atoms with Crippen LogP contribution in [0.5, 0.6) is 0 Å². The number of nitrogens with zero attached hydrogens (tertiary/aromatic N) is 5. The maximum atomic E-state index is 7.80. The van der Waals surface area contributed by atoms with Crippen molar-refractivity contribution in [3.05, 3.63) is 59.4 Å². The lowest BCUT2D eigenvalue weighted by molar-refractivity contribution is 0.485. The Morgan fingerprint density at radius 3 is 2.57 bits per heavy atom. The largest absolute Gasteiger partial charge is 0.370 e. The Morgan fingerprint density at radius 1 is 1.10 bits per heavy atom. The highest BCUT2D eigenvalue weighted by Gasteiger charge is 2.25. The van der Waals surface area contributed by atoms with E-state index in [0.29, 0.717) is 17.0 Å². The van der Waals surface area contributed by atoms with Gasteiger partial charge in [0.1, 0.15) is 5.82 Å². The molecule has 30 heavy (non-hydrogen) atoms. The molecule has 0 atom stereocenters. The van der Waals surface area contributed by atoms with Gasteiger partial charge in [-0.25, -0.2) is 9.97 Å². The maximum absolute atomic E-state index is 7.80. The van der Waals surface area contributed by atoms with Crippen molar-refractivity contribution in [1.29, 1.82) is 5.41 Å². The van der Waals surface area contributed by atoms with Crippen molar-refractivity contribution >= 4 is 34.9 Å². The van der Waals surface area contributed by atoms with E-state index in [1.165, 1.54) is 19.1 Å². The van der Waals surface area contributed by atoms with Crippen molar-refractivity contribution in [2.24, 2.45) is 0 Å². The number of halogens is 1. The lowest BCUT2D eigenvalue weighted by Crippen LogP contribution is -2.33. The van der Waals surface area contributed by atoms with Crippen LogP contribution < -0.4 is 10.2 Å². The number of hydrogen-bond acceptors (Lipinski definition) is 6. The van der Waals surface area contributed by atoms with E-state index in [0.717, 1.165) is 54.4 Å². The van der Waals surface area contributed by atoms with Gasteiger partial charge in [-0.15, -0.1) is 0 Å². The molecule has 2 aromatic heterocycles. The Bertz CT molecular complexity index is 1040. The van der Waals surface area contributed by atoms with Gasteiger partial charge in [0.15, 0.2) is 0 Å². The molecule has 5 rings (SSSR count). The van der Waals surface area contributed by atoms with E-state index >= 15 is 0 Å². The normalized spacial score (nSPS) is 17.2. The summed E-state index contributed by atoms with van der Waals surface area (Å²) < 4.78 is 2.01. The Morgan fingerprint density at radius 2 is 1.87 bits per heavy atom. The first-order valence-electron chi connectivity index (χ1n) is 10.4. The molecular formula is C22H24ClN7. The molecule has 1 aliphatic carbocycles. The molecule has 1 saturated heterocycles.